The van der Waals surface area contributed by atoms with Crippen molar-refractivity contribution in [1.29, 1.82) is 0 Å². The number of benzene rings is 2. The molecule has 0 radical (unpaired) electrons. The fraction of sp³-hybridized carbons (Fsp3) is 0.188. The number of hydrazone groups is 1. The molecule has 1 heterocycles. The number of hydrogen-bond donors (Lipinski definition) is 1. The van der Waals surface area contributed by atoms with Crippen molar-refractivity contribution in [2.24, 2.45) is 5.10 Å². The van der Waals surface area contributed by atoms with Crippen molar-refractivity contribution < 1.29 is 34.9 Å². The van der Waals surface area contributed by atoms with Crippen LogP contribution in [0.3, 0.4) is 0 Å². The fourth-order valence-electron chi connectivity index (χ4n) is 2.70. The molecule has 1 aliphatic rings. The second kappa shape index (κ2) is 6.57. The van der Waals surface area contributed by atoms with Crippen LogP contribution in [0.4, 0.5) is 27.6 Å². The molecule has 1 aliphatic heterocycles. The number of nitrogens with zero attached hydrogens (tertiary/aromatic N) is 2. The van der Waals surface area contributed by atoms with Crippen LogP contribution in [0, 0.1) is 11.6 Å². The summed E-state index contributed by atoms with van der Waals surface area (Å²) < 4.78 is 97.7. The number of halogens is 5. The summed E-state index contributed by atoms with van der Waals surface area (Å²) in [6.45, 7) is 0. The predicted octanol–water partition coefficient (Wildman–Crippen LogP) is 4.08. The molecule has 0 unspecified atom stereocenters. The van der Waals surface area contributed by atoms with E-state index < -0.39 is 51.0 Å². The molecule has 2 aromatic carbocycles. The molecule has 0 spiro atoms. The summed E-state index contributed by atoms with van der Waals surface area (Å²) in [6.07, 6.45) is -5.43. The quantitative estimate of drug-likeness (QED) is 0.616. The molecule has 0 fully saturated rings. The van der Waals surface area contributed by atoms with Gasteiger partial charge in [-0.05, 0) is 30.3 Å². The van der Waals surface area contributed by atoms with Gasteiger partial charge < -0.3 is 0 Å². The van der Waals surface area contributed by atoms with E-state index in [-0.39, 0.29) is 11.3 Å². The van der Waals surface area contributed by atoms with Gasteiger partial charge in [0.2, 0.25) is 0 Å². The van der Waals surface area contributed by atoms with Gasteiger partial charge in [-0.2, -0.15) is 26.7 Å². The molecule has 0 amide bonds. The standard InChI is InChI=1S/C16H11F5N2O3S/c17-9-1-6-12(13(18)7-9)14-8-15(16(19,20)21)22-23(14)10-2-4-11(5-3-10)27(24,25)26/h1-7,14H,8H2,(H,24,25,26)/t14-/m1/s1. The van der Waals surface area contributed by atoms with Gasteiger partial charge in [0, 0.05) is 18.1 Å². The smallest absolute Gasteiger partial charge is 0.282 e. The Bertz CT molecular complexity index is 1000. The summed E-state index contributed by atoms with van der Waals surface area (Å²) in [6, 6.07) is 5.50. The van der Waals surface area contributed by atoms with E-state index in [1.165, 1.54) is 0 Å². The highest BCUT2D eigenvalue weighted by molar-refractivity contribution is 7.85. The van der Waals surface area contributed by atoms with Crippen LogP contribution >= 0.6 is 0 Å². The van der Waals surface area contributed by atoms with Crippen LogP contribution in [0.15, 0.2) is 52.5 Å². The molecule has 144 valence electrons. The average Bonchev–Trinajstić information content (AvgIpc) is 2.99. The Morgan fingerprint density at radius 3 is 2.22 bits per heavy atom. The minimum Gasteiger partial charge on any atom is -0.282 e. The van der Waals surface area contributed by atoms with Crippen LogP contribution in [0.2, 0.25) is 0 Å². The van der Waals surface area contributed by atoms with Gasteiger partial charge in [-0.15, -0.1) is 0 Å². The zero-order valence-corrected chi connectivity index (χ0v) is 14.1. The first kappa shape index (κ1) is 19.2. The highest BCUT2D eigenvalue weighted by Gasteiger charge is 2.44. The Morgan fingerprint density at radius 1 is 1.07 bits per heavy atom. The number of hydrogen-bond acceptors (Lipinski definition) is 4. The van der Waals surface area contributed by atoms with E-state index in [0.29, 0.717) is 6.07 Å². The van der Waals surface area contributed by atoms with Crippen molar-refractivity contribution in [3.05, 3.63) is 59.7 Å². The fourth-order valence-corrected chi connectivity index (χ4v) is 3.18. The summed E-state index contributed by atoms with van der Waals surface area (Å²) in [5.41, 5.74) is -1.32. The SMILES string of the molecule is O=S(=O)(O)c1ccc(N2N=C(C(F)(F)F)C[C@@H]2c2ccc(F)cc2F)cc1. The second-order valence-corrected chi connectivity index (χ2v) is 7.17. The summed E-state index contributed by atoms with van der Waals surface area (Å²) in [7, 11) is -4.49. The first-order valence-electron chi connectivity index (χ1n) is 7.43. The van der Waals surface area contributed by atoms with Crippen LogP contribution in [0.1, 0.15) is 18.0 Å². The first-order chi connectivity index (χ1) is 12.5. The third-order valence-electron chi connectivity index (χ3n) is 3.96. The van der Waals surface area contributed by atoms with Crippen molar-refractivity contribution >= 4 is 21.5 Å². The molecule has 11 heteroatoms. The molecule has 5 nitrogen and oxygen atoms in total. The van der Waals surface area contributed by atoms with E-state index >= 15 is 0 Å². The minimum absolute atomic E-state index is 0.0374. The third-order valence-corrected chi connectivity index (χ3v) is 4.83. The van der Waals surface area contributed by atoms with E-state index in [4.69, 9.17) is 4.55 Å². The van der Waals surface area contributed by atoms with Crippen LogP contribution in [-0.2, 0) is 10.1 Å². The normalized spacial score (nSPS) is 17.9. The van der Waals surface area contributed by atoms with Gasteiger partial charge >= 0.3 is 6.18 Å². The first-order valence-corrected chi connectivity index (χ1v) is 8.87. The maximum absolute atomic E-state index is 14.1. The van der Waals surface area contributed by atoms with Gasteiger partial charge in [0.15, 0.2) is 0 Å². The topological polar surface area (TPSA) is 70.0 Å². The lowest BCUT2D eigenvalue weighted by Gasteiger charge is -2.24. The Balaban J connectivity index is 2.05. The molecule has 0 saturated heterocycles. The van der Waals surface area contributed by atoms with Gasteiger partial charge in [-0.3, -0.25) is 9.56 Å². The lowest BCUT2D eigenvalue weighted by molar-refractivity contribution is -0.0600. The lowest BCUT2D eigenvalue weighted by atomic mass is 10.0. The summed E-state index contributed by atoms with van der Waals surface area (Å²) in [5, 5.41) is 4.38. The van der Waals surface area contributed by atoms with Crippen LogP contribution in [0.25, 0.3) is 0 Å². The van der Waals surface area contributed by atoms with Crippen molar-refractivity contribution in [1.82, 2.24) is 0 Å². The number of anilines is 1. The largest absolute Gasteiger partial charge is 0.431 e. The van der Waals surface area contributed by atoms with Crippen molar-refractivity contribution in [3.63, 3.8) is 0 Å². The van der Waals surface area contributed by atoms with Gasteiger partial charge in [0.1, 0.15) is 17.3 Å². The Labute approximate surface area is 150 Å². The minimum atomic E-state index is -4.75. The Morgan fingerprint density at radius 2 is 1.70 bits per heavy atom. The van der Waals surface area contributed by atoms with Gasteiger partial charge in [0.25, 0.3) is 10.1 Å². The van der Waals surface area contributed by atoms with E-state index in [0.717, 1.165) is 41.4 Å². The summed E-state index contributed by atoms with van der Waals surface area (Å²) in [5.74, 6) is -1.91. The summed E-state index contributed by atoms with van der Waals surface area (Å²) in [4.78, 5) is -0.463. The van der Waals surface area contributed by atoms with Crippen LogP contribution in [-0.4, -0.2) is 24.9 Å². The lowest BCUT2D eigenvalue weighted by Crippen LogP contribution is -2.22. The second-order valence-electron chi connectivity index (χ2n) is 5.74. The van der Waals surface area contributed by atoms with E-state index in [2.05, 4.69) is 5.10 Å². The monoisotopic (exact) mass is 406 g/mol. The molecular weight excluding hydrogens is 395 g/mol. The van der Waals surface area contributed by atoms with Crippen LogP contribution < -0.4 is 5.01 Å². The van der Waals surface area contributed by atoms with Gasteiger partial charge in [-0.1, -0.05) is 6.07 Å². The molecule has 1 atom stereocenters. The van der Waals surface area contributed by atoms with Crippen molar-refractivity contribution in [3.8, 4) is 0 Å². The Kier molecular flexibility index (Phi) is 4.68. The number of alkyl halides is 3. The maximum atomic E-state index is 14.1. The molecule has 2 aromatic rings. The molecule has 1 N–H and O–H groups in total. The summed E-state index contributed by atoms with van der Waals surface area (Å²) >= 11 is 0. The van der Waals surface area contributed by atoms with Crippen molar-refractivity contribution in [2.45, 2.75) is 23.5 Å². The van der Waals surface area contributed by atoms with Crippen molar-refractivity contribution in [2.75, 3.05) is 5.01 Å². The van der Waals surface area contributed by atoms with Gasteiger partial charge in [0.05, 0.1) is 16.6 Å². The average molecular weight is 406 g/mol. The molecule has 27 heavy (non-hydrogen) atoms. The van der Waals surface area contributed by atoms with E-state index in [1.54, 1.807) is 0 Å². The molecular formula is C16H11F5N2O3S. The zero-order chi connectivity index (χ0) is 20.0. The molecule has 0 saturated carbocycles. The maximum Gasteiger partial charge on any atom is 0.431 e. The van der Waals surface area contributed by atoms with Gasteiger partial charge in [-0.25, -0.2) is 8.78 Å². The molecule has 0 aliphatic carbocycles. The Hall–Kier alpha value is -2.53. The zero-order valence-electron chi connectivity index (χ0n) is 13.3. The molecule has 3 rings (SSSR count). The van der Waals surface area contributed by atoms with Crippen LogP contribution in [0.5, 0.6) is 0 Å². The number of rotatable bonds is 3. The predicted molar refractivity (Wildman–Crippen MR) is 85.9 cm³/mol. The highest BCUT2D eigenvalue weighted by atomic mass is 32.2. The molecule has 0 bridgehead atoms. The third kappa shape index (κ3) is 3.93. The van der Waals surface area contributed by atoms with E-state index in [1.807, 2.05) is 0 Å². The highest BCUT2D eigenvalue weighted by Crippen LogP contribution is 2.40. The molecule has 0 aromatic heterocycles. The van der Waals surface area contributed by atoms with E-state index in [9.17, 15) is 30.4 Å².